The van der Waals surface area contributed by atoms with E-state index >= 15 is 0 Å². The third-order valence-electron chi connectivity index (χ3n) is 3.91. The first kappa shape index (κ1) is 16.0. The SMILES string of the molecule is Cc1cc(S(=O)(=O)NC2CCCCCC2O)ccc1C#N. The molecule has 5 nitrogen and oxygen atoms in total. The van der Waals surface area contributed by atoms with Crippen LogP contribution in [0.1, 0.15) is 43.2 Å². The molecule has 0 spiro atoms. The molecule has 114 valence electrons. The number of aryl methyl sites for hydroxylation is 1. The molecular formula is C15H20N2O3S. The average molecular weight is 308 g/mol. The number of aliphatic hydroxyl groups excluding tert-OH is 1. The maximum absolute atomic E-state index is 12.4. The number of rotatable bonds is 3. The minimum atomic E-state index is -3.68. The average Bonchev–Trinajstić information content (AvgIpc) is 2.64. The first-order valence-electron chi connectivity index (χ1n) is 7.15. The predicted molar refractivity (Wildman–Crippen MR) is 79.1 cm³/mol. The van der Waals surface area contributed by atoms with Crippen LogP contribution in [-0.2, 0) is 10.0 Å². The number of benzene rings is 1. The highest BCUT2D eigenvalue weighted by Gasteiger charge is 2.27. The van der Waals surface area contributed by atoms with Gasteiger partial charge >= 0.3 is 0 Å². The molecule has 0 bridgehead atoms. The van der Waals surface area contributed by atoms with Crippen molar-refractivity contribution in [2.24, 2.45) is 0 Å². The van der Waals surface area contributed by atoms with E-state index < -0.39 is 22.2 Å². The summed E-state index contributed by atoms with van der Waals surface area (Å²) < 4.78 is 27.4. The molecule has 0 aliphatic heterocycles. The molecule has 1 fully saturated rings. The molecular weight excluding hydrogens is 288 g/mol. The number of aliphatic hydroxyl groups is 1. The highest BCUT2D eigenvalue weighted by molar-refractivity contribution is 7.89. The summed E-state index contributed by atoms with van der Waals surface area (Å²) in [5, 5.41) is 18.9. The van der Waals surface area contributed by atoms with Gasteiger partial charge in [0.2, 0.25) is 10.0 Å². The van der Waals surface area contributed by atoms with Crippen LogP contribution in [0.4, 0.5) is 0 Å². The lowest BCUT2D eigenvalue weighted by Crippen LogP contribution is -2.42. The van der Waals surface area contributed by atoms with E-state index in [-0.39, 0.29) is 4.90 Å². The zero-order valence-corrected chi connectivity index (χ0v) is 12.9. The summed E-state index contributed by atoms with van der Waals surface area (Å²) >= 11 is 0. The van der Waals surface area contributed by atoms with Crippen LogP contribution in [-0.4, -0.2) is 25.7 Å². The lowest BCUT2D eigenvalue weighted by molar-refractivity contribution is 0.130. The summed E-state index contributed by atoms with van der Waals surface area (Å²) in [6.07, 6.45) is 3.49. The minimum absolute atomic E-state index is 0.135. The Balaban J connectivity index is 2.21. The fourth-order valence-electron chi connectivity index (χ4n) is 2.62. The van der Waals surface area contributed by atoms with Gasteiger partial charge in [0.25, 0.3) is 0 Å². The van der Waals surface area contributed by atoms with Gasteiger partial charge in [0, 0.05) is 6.04 Å². The van der Waals surface area contributed by atoms with Crippen molar-refractivity contribution >= 4 is 10.0 Å². The molecule has 21 heavy (non-hydrogen) atoms. The second-order valence-corrected chi connectivity index (χ2v) is 7.24. The topological polar surface area (TPSA) is 90.2 Å². The number of nitrogens with one attached hydrogen (secondary N) is 1. The Bertz CT molecular complexity index is 649. The monoisotopic (exact) mass is 308 g/mol. The molecule has 6 heteroatoms. The van der Waals surface area contributed by atoms with Crippen LogP contribution in [0.3, 0.4) is 0 Å². The number of hydrogen-bond acceptors (Lipinski definition) is 4. The molecule has 2 atom stereocenters. The molecule has 1 aromatic carbocycles. The van der Waals surface area contributed by atoms with Crippen molar-refractivity contribution in [3.8, 4) is 6.07 Å². The van der Waals surface area contributed by atoms with E-state index in [2.05, 4.69) is 4.72 Å². The van der Waals surface area contributed by atoms with Gasteiger partial charge in [-0.15, -0.1) is 0 Å². The van der Waals surface area contributed by atoms with Crippen molar-refractivity contribution in [3.05, 3.63) is 29.3 Å². The summed E-state index contributed by atoms with van der Waals surface area (Å²) in [5.74, 6) is 0. The van der Waals surface area contributed by atoms with Crippen LogP contribution in [0.15, 0.2) is 23.1 Å². The molecule has 1 aliphatic carbocycles. The van der Waals surface area contributed by atoms with Gasteiger partial charge in [0.15, 0.2) is 0 Å². The van der Waals surface area contributed by atoms with Crippen LogP contribution in [0.25, 0.3) is 0 Å². The molecule has 0 amide bonds. The third kappa shape index (κ3) is 3.82. The molecule has 0 radical (unpaired) electrons. The van der Waals surface area contributed by atoms with Crippen LogP contribution >= 0.6 is 0 Å². The maximum Gasteiger partial charge on any atom is 0.240 e. The molecule has 1 saturated carbocycles. The Labute approximate surface area is 125 Å². The number of sulfonamides is 1. The minimum Gasteiger partial charge on any atom is -0.391 e. The van der Waals surface area contributed by atoms with Gasteiger partial charge in [-0.25, -0.2) is 13.1 Å². The molecule has 0 heterocycles. The van der Waals surface area contributed by atoms with Gasteiger partial charge in [-0.1, -0.05) is 19.3 Å². The van der Waals surface area contributed by atoms with E-state index in [1.165, 1.54) is 18.2 Å². The van der Waals surface area contributed by atoms with Crippen molar-refractivity contribution in [3.63, 3.8) is 0 Å². The fourth-order valence-corrected chi connectivity index (χ4v) is 4.01. The third-order valence-corrected chi connectivity index (χ3v) is 5.40. The second kappa shape index (κ2) is 6.56. The number of nitriles is 1. The lowest BCUT2D eigenvalue weighted by Gasteiger charge is -2.21. The molecule has 0 aromatic heterocycles. The summed E-state index contributed by atoms with van der Waals surface area (Å²) in [5.41, 5.74) is 1.09. The molecule has 2 unspecified atom stereocenters. The quantitative estimate of drug-likeness (QED) is 0.834. The first-order valence-corrected chi connectivity index (χ1v) is 8.63. The van der Waals surface area contributed by atoms with Crippen LogP contribution in [0, 0.1) is 18.3 Å². The molecule has 1 aromatic rings. The van der Waals surface area contributed by atoms with Crippen molar-refractivity contribution in [2.45, 2.75) is 56.1 Å². The van der Waals surface area contributed by atoms with E-state index in [1.54, 1.807) is 6.92 Å². The van der Waals surface area contributed by atoms with Crippen LogP contribution < -0.4 is 4.72 Å². The Morgan fingerprint density at radius 1 is 1.29 bits per heavy atom. The van der Waals surface area contributed by atoms with E-state index in [0.29, 0.717) is 24.0 Å². The van der Waals surface area contributed by atoms with Crippen LogP contribution in [0.2, 0.25) is 0 Å². The smallest absolute Gasteiger partial charge is 0.240 e. The molecule has 1 aliphatic rings. The Kier molecular flexibility index (Phi) is 4.99. The highest BCUT2D eigenvalue weighted by atomic mass is 32.2. The van der Waals surface area contributed by atoms with Crippen molar-refractivity contribution in [2.75, 3.05) is 0 Å². The molecule has 2 N–H and O–H groups in total. The predicted octanol–water partition coefficient (Wildman–Crippen LogP) is 1.84. The van der Waals surface area contributed by atoms with Crippen molar-refractivity contribution in [1.29, 1.82) is 5.26 Å². The Morgan fingerprint density at radius 2 is 2.00 bits per heavy atom. The van der Waals surface area contributed by atoms with Gasteiger partial charge < -0.3 is 5.11 Å². The maximum atomic E-state index is 12.4. The van der Waals surface area contributed by atoms with E-state index in [0.717, 1.165) is 19.3 Å². The Hall–Kier alpha value is -1.42. The van der Waals surface area contributed by atoms with Gasteiger partial charge in [0.05, 0.1) is 22.6 Å². The normalized spacial score (nSPS) is 23.3. The van der Waals surface area contributed by atoms with Crippen molar-refractivity contribution in [1.82, 2.24) is 4.72 Å². The van der Waals surface area contributed by atoms with Crippen LogP contribution in [0.5, 0.6) is 0 Å². The first-order chi connectivity index (χ1) is 9.94. The van der Waals surface area contributed by atoms with Gasteiger partial charge in [-0.05, 0) is 43.5 Å². The summed E-state index contributed by atoms with van der Waals surface area (Å²) in [6.45, 7) is 1.71. The van der Waals surface area contributed by atoms with Gasteiger partial charge in [0.1, 0.15) is 0 Å². The Morgan fingerprint density at radius 3 is 2.67 bits per heavy atom. The fraction of sp³-hybridized carbons (Fsp3) is 0.533. The lowest BCUT2D eigenvalue weighted by atomic mass is 10.1. The van der Waals surface area contributed by atoms with E-state index in [9.17, 15) is 13.5 Å². The van der Waals surface area contributed by atoms with E-state index in [1.807, 2.05) is 6.07 Å². The second-order valence-electron chi connectivity index (χ2n) is 5.52. The van der Waals surface area contributed by atoms with Gasteiger partial charge in [-0.3, -0.25) is 0 Å². The van der Waals surface area contributed by atoms with Gasteiger partial charge in [-0.2, -0.15) is 5.26 Å². The molecule has 0 saturated heterocycles. The van der Waals surface area contributed by atoms with E-state index in [4.69, 9.17) is 5.26 Å². The zero-order valence-electron chi connectivity index (χ0n) is 12.0. The largest absolute Gasteiger partial charge is 0.391 e. The summed E-state index contributed by atoms with van der Waals surface area (Å²) in [6, 6.07) is 6.00. The highest BCUT2D eigenvalue weighted by Crippen LogP contribution is 2.21. The standard InChI is InChI=1S/C15H20N2O3S/c1-11-9-13(8-7-12(11)10-16)21(19,20)17-14-5-3-2-4-6-15(14)18/h7-9,14-15,17-18H,2-6H2,1H3. The zero-order chi connectivity index (χ0) is 15.5. The number of hydrogen-bond donors (Lipinski definition) is 2. The number of nitrogens with zero attached hydrogens (tertiary/aromatic N) is 1. The summed E-state index contributed by atoms with van der Waals surface area (Å²) in [4.78, 5) is 0.135. The molecule has 2 rings (SSSR count). The summed E-state index contributed by atoms with van der Waals surface area (Å²) in [7, 11) is -3.68. The van der Waals surface area contributed by atoms with Crippen molar-refractivity contribution < 1.29 is 13.5 Å².